The molecule has 0 bridgehead atoms. The normalized spacial score (nSPS) is 10.7. The van der Waals surface area contributed by atoms with Gasteiger partial charge in [0.2, 0.25) is 0 Å². The van der Waals surface area contributed by atoms with E-state index in [4.69, 9.17) is 5.11 Å². The fourth-order valence-electron chi connectivity index (χ4n) is 2.74. The number of hydrogen-bond donors (Lipinski definition) is 3. The third-order valence-electron chi connectivity index (χ3n) is 4.18. The molecule has 8 nitrogen and oxygen atoms in total. The molecule has 144 valence electrons. The number of nitrogens with zero attached hydrogens (tertiary/aromatic N) is 3. The van der Waals surface area contributed by atoms with Crippen molar-refractivity contribution in [3.8, 4) is 22.6 Å². The first kappa shape index (κ1) is 19.0. The number of aliphatic carboxylic acids is 1. The van der Waals surface area contributed by atoms with Crippen LogP contribution in [0.1, 0.15) is 21.7 Å². The van der Waals surface area contributed by atoms with Crippen LogP contribution in [0.5, 0.6) is 5.75 Å². The van der Waals surface area contributed by atoms with Crippen molar-refractivity contribution >= 4 is 11.9 Å². The minimum absolute atomic E-state index is 0.266. The van der Waals surface area contributed by atoms with E-state index in [-0.39, 0.29) is 17.3 Å². The summed E-state index contributed by atoms with van der Waals surface area (Å²) in [7, 11) is 0. The van der Waals surface area contributed by atoms with E-state index in [0.29, 0.717) is 28.1 Å². The number of benzene rings is 1. The molecular weight excluding hydrogens is 367 g/mol. The second-order valence-corrected chi connectivity index (χ2v) is 6.12. The average molecular weight is 384 g/mol. The van der Waals surface area contributed by atoms with E-state index in [1.165, 1.54) is 23.0 Å². The summed E-state index contributed by atoms with van der Waals surface area (Å²) >= 11 is 0. The maximum absolute atomic E-state index is 13.5. The highest BCUT2D eigenvalue weighted by molar-refractivity contribution is 5.97. The first-order chi connectivity index (χ1) is 13.3. The Morgan fingerprint density at radius 3 is 2.68 bits per heavy atom. The number of carboxylic acids is 1. The highest BCUT2D eigenvalue weighted by atomic mass is 19.1. The fraction of sp³-hybridized carbons (Fsp3) is 0.158. The van der Waals surface area contributed by atoms with Crippen LogP contribution >= 0.6 is 0 Å². The average Bonchev–Trinajstić information content (AvgIpc) is 3.03. The van der Waals surface area contributed by atoms with Crippen LogP contribution in [0.2, 0.25) is 0 Å². The summed E-state index contributed by atoms with van der Waals surface area (Å²) in [5.41, 5.74) is 2.48. The number of hydrogen-bond acceptors (Lipinski definition) is 5. The molecule has 3 rings (SSSR count). The molecule has 0 aliphatic heterocycles. The second-order valence-electron chi connectivity index (χ2n) is 6.12. The number of amides is 1. The Bertz CT molecular complexity index is 1080. The number of aromatic hydroxyl groups is 1. The summed E-state index contributed by atoms with van der Waals surface area (Å²) in [6, 6.07) is 5.96. The fourth-order valence-corrected chi connectivity index (χ4v) is 2.74. The smallest absolute Gasteiger partial charge is 0.322 e. The molecule has 3 N–H and O–H groups in total. The standard InChI is InChI=1S/C19H17FN4O4/c1-10-14(7-21-17(18(10)27)19(28)22-8-16(25)26)15-9-24(23-11(15)2)13-5-3-4-12(20)6-13/h3-7,9,27H,8H2,1-2H3,(H,22,28)(H,25,26). The van der Waals surface area contributed by atoms with E-state index < -0.39 is 18.4 Å². The zero-order chi connectivity index (χ0) is 20.4. The zero-order valence-corrected chi connectivity index (χ0v) is 15.1. The zero-order valence-electron chi connectivity index (χ0n) is 15.1. The number of carboxylic acid groups (broad SMARTS) is 1. The molecule has 9 heteroatoms. The number of carbonyl (C=O) groups excluding carboxylic acids is 1. The lowest BCUT2D eigenvalue weighted by Gasteiger charge is -2.10. The second kappa shape index (κ2) is 7.47. The molecule has 0 radical (unpaired) electrons. The molecule has 0 fully saturated rings. The van der Waals surface area contributed by atoms with Gasteiger partial charge in [-0.2, -0.15) is 5.10 Å². The van der Waals surface area contributed by atoms with Gasteiger partial charge in [0.15, 0.2) is 5.69 Å². The predicted molar refractivity (Wildman–Crippen MR) is 97.9 cm³/mol. The number of nitrogens with one attached hydrogen (secondary N) is 1. The van der Waals surface area contributed by atoms with Crippen molar-refractivity contribution in [1.29, 1.82) is 0 Å². The number of aryl methyl sites for hydroxylation is 1. The largest absolute Gasteiger partial charge is 0.505 e. The Hall–Kier alpha value is -3.75. The van der Waals surface area contributed by atoms with Gasteiger partial charge in [-0.05, 0) is 32.0 Å². The van der Waals surface area contributed by atoms with Crippen molar-refractivity contribution in [1.82, 2.24) is 20.1 Å². The third kappa shape index (κ3) is 3.68. The van der Waals surface area contributed by atoms with Crippen LogP contribution in [-0.4, -0.2) is 43.4 Å². The Balaban J connectivity index is 1.98. The highest BCUT2D eigenvalue weighted by Gasteiger charge is 2.20. The van der Waals surface area contributed by atoms with E-state index in [9.17, 15) is 19.1 Å². The van der Waals surface area contributed by atoms with Crippen molar-refractivity contribution in [2.75, 3.05) is 6.54 Å². The first-order valence-corrected chi connectivity index (χ1v) is 8.29. The molecule has 0 aliphatic carbocycles. The molecule has 1 aromatic carbocycles. The van der Waals surface area contributed by atoms with E-state index >= 15 is 0 Å². The topological polar surface area (TPSA) is 117 Å². The van der Waals surface area contributed by atoms with Gasteiger partial charge in [0.1, 0.15) is 18.1 Å². The van der Waals surface area contributed by atoms with E-state index in [2.05, 4.69) is 15.4 Å². The van der Waals surface area contributed by atoms with Gasteiger partial charge in [0.05, 0.1) is 11.4 Å². The van der Waals surface area contributed by atoms with Crippen LogP contribution in [0.15, 0.2) is 36.7 Å². The Labute approximate surface area is 159 Å². The van der Waals surface area contributed by atoms with Crippen LogP contribution in [0.3, 0.4) is 0 Å². The molecule has 0 saturated heterocycles. The molecule has 28 heavy (non-hydrogen) atoms. The van der Waals surface area contributed by atoms with Gasteiger partial charge in [-0.25, -0.2) is 14.1 Å². The van der Waals surface area contributed by atoms with Gasteiger partial charge in [0, 0.05) is 29.1 Å². The SMILES string of the molecule is Cc1nn(-c2cccc(F)c2)cc1-c1cnc(C(=O)NCC(=O)O)c(O)c1C. The van der Waals surface area contributed by atoms with Crippen molar-refractivity contribution in [2.24, 2.45) is 0 Å². The molecular formula is C19H17FN4O4. The van der Waals surface area contributed by atoms with Crippen LogP contribution in [0.4, 0.5) is 4.39 Å². The van der Waals surface area contributed by atoms with E-state index in [0.717, 1.165) is 0 Å². The summed E-state index contributed by atoms with van der Waals surface area (Å²) in [4.78, 5) is 26.6. The molecule has 3 aromatic rings. The molecule has 0 aliphatic rings. The lowest BCUT2D eigenvalue weighted by molar-refractivity contribution is -0.135. The lowest BCUT2D eigenvalue weighted by atomic mass is 10.0. The minimum Gasteiger partial charge on any atom is -0.505 e. The molecule has 1 amide bonds. The number of aromatic nitrogens is 3. The van der Waals surface area contributed by atoms with Crippen LogP contribution < -0.4 is 5.32 Å². The van der Waals surface area contributed by atoms with Gasteiger partial charge >= 0.3 is 5.97 Å². The number of pyridine rings is 1. The summed E-state index contributed by atoms with van der Waals surface area (Å²) < 4.78 is 15.0. The molecule has 0 unspecified atom stereocenters. The van der Waals surface area contributed by atoms with Gasteiger partial charge in [-0.1, -0.05) is 6.07 Å². The molecule has 0 atom stereocenters. The lowest BCUT2D eigenvalue weighted by Crippen LogP contribution is -2.30. The van der Waals surface area contributed by atoms with Crippen molar-refractivity contribution < 1.29 is 24.2 Å². The van der Waals surface area contributed by atoms with Gasteiger partial charge in [-0.15, -0.1) is 0 Å². The molecule has 0 saturated carbocycles. The van der Waals surface area contributed by atoms with Crippen LogP contribution in [0.25, 0.3) is 16.8 Å². The Kier molecular flexibility index (Phi) is 5.08. The summed E-state index contributed by atoms with van der Waals surface area (Å²) in [6.07, 6.45) is 3.09. The maximum Gasteiger partial charge on any atom is 0.322 e. The Morgan fingerprint density at radius 1 is 1.25 bits per heavy atom. The van der Waals surface area contributed by atoms with Gasteiger partial charge in [-0.3, -0.25) is 9.59 Å². The highest BCUT2D eigenvalue weighted by Crippen LogP contribution is 2.32. The number of carbonyl (C=O) groups is 2. The summed E-state index contributed by atoms with van der Waals surface area (Å²) in [5, 5.41) is 25.5. The van der Waals surface area contributed by atoms with E-state index in [1.54, 1.807) is 32.2 Å². The first-order valence-electron chi connectivity index (χ1n) is 8.29. The minimum atomic E-state index is -1.21. The monoisotopic (exact) mass is 384 g/mol. The molecule has 2 aromatic heterocycles. The number of halogens is 1. The predicted octanol–water partition coefficient (Wildman–Crippen LogP) is 2.21. The van der Waals surface area contributed by atoms with E-state index in [1.807, 2.05) is 0 Å². The molecule has 2 heterocycles. The van der Waals surface area contributed by atoms with Crippen LogP contribution in [0, 0.1) is 19.7 Å². The number of rotatable bonds is 5. The maximum atomic E-state index is 13.5. The Morgan fingerprint density at radius 2 is 2.00 bits per heavy atom. The van der Waals surface area contributed by atoms with Gasteiger partial charge < -0.3 is 15.5 Å². The third-order valence-corrected chi connectivity index (χ3v) is 4.18. The molecule has 0 spiro atoms. The van der Waals surface area contributed by atoms with Crippen LogP contribution in [-0.2, 0) is 4.79 Å². The quantitative estimate of drug-likeness (QED) is 0.621. The summed E-state index contributed by atoms with van der Waals surface area (Å²) in [5.74, 6) is -2.74. The van der Waals surface area contributed by atoms with Crippen molar-refractivity contribution in [2.45, 2.75) is 13.8 Å². The summed E-state index contributed by atoms with van der Waals surface area (Å²) in [6.45, 7) is 2.79. The van der Waals surface area contributed by atoms with Crippen molar-refractivity contribution in [3.63, 3.8) is 0 Å². The van der Waals surface area contributed by atoms with Crippen molar-refractivity contribution in [3.05, 3.63) is 59.4 Å². The van der Waals surface area contributed by atoms with Gasteiger partial charge in [0.25, 0.3) is 5.91 Å².